The van der Waals surface area contributed by atoms with Crippen molar-refractivity contribution >= 4 is 0 Å². The van der Waals surface area contributed by atoms with Gasteiger partial charge < -0.3 is 14.4 Å². The highest BCUT2D eigenvalue weighted by atomic mass is 16.8. The van der Waals surface area contributed by atoms with E-state index in [4.69, 9.17) is 9.47 Å². The molecule has 0 N–H and O–H groups in total. The molecule has 47 heavy (non-hydrogen) atoms. The van der Waals surface area contributed by atoms with Crippen LogP contribution in [0, 0.1) is 0 Å². The van der Waals surface area contributed by atoms with Crippen LogP contribution in [-0.4, -0.2) is 43.0 Å². The minimum Gasteiger partial charge on any atom is -0.344 e. The fourth-order valence-corrected chi connectivity index (χ4v) is 7.31. The molecule has 2 unspecified atom stereocenters. The normalized spacial score (nSPS) is 21.2. The van der Waals surface area contributed by atoms with Gasteiger partial charge >= 0.3 is 0 Å². The van der Waals surface area contributed by atoms with Crippen molar-refractivity contribution in [3.05, 3.63) is 48.6 Å². The number of hydrogen-bond donors (Lipinski definition) is 0. The first-order valence-corrected chi connectivity index (χ1v) is 20.7. The number of rotatable bonds is 31. The predicted molar refractivity (Wildman–Crippen MR) is 207 cm³/mol. The van der Waals surface area contributed by atoms with Crippen LogP contribution in [0.4, 0.5) is 0 Å². The molecular weight excluding hydrogens is 574 g/mol. The summed E-state index contributed by atoms with van der Waals surface area (Å²) in [5.74, 6) is -0.308. The van der Waals surface area contributed by atoms with Gasteiger partial charge in [0.1, 0.15) is 0 Å². The van der Waals surface area contributed by atoms with E-state index in [1.807, 2.05) is 0 Å². The smallest absolute Gasteiger partial charge is 0.169 e. The summed E-state index contributed by atoms with van der Waals surface area (Å²) in [4.78, 5) is 2.36. The van der Waals surface area contributed by atoms with Gasteiger partial charge in [-0.25, -0.2) is 0 Å². The summed E-state index contributed by atoms with van der Waals surface area (Å²) in [7, 11) is 4.40. The SMILES string of the molecule is CCCCC/C=C\C/C=C\CCCCCCCCC1(CCCCCCCC/C=C\C/C=C\CCCCC)OC2CC(N(C)C)C[C@H]2O1. The average Bonchev–Trinajstić information content (AvgIpc) is 3.61. The fourth-order valence-electron chi connectivity index (χ4n) is 7.31. The van der Waals surface area contributed by atoms with Crippen molar-refractivity contribution in [2.75, 3.05) is 14.1 Å². The van der Waals surface area contributed by atoms with Crippen molar-refractivity contribution < 1.29 is 9.47 Å². The van der Waals surface area contributed by atoms with E-state index in [1.54, 1.807) is 0 Å². The summed E-state index contributed by atoms with van der Waals surface area (Å²) >= 11 is 0. The Hall–Kier alpha value is -1.16. The Morgan fingerprint density at radius 1 is 0.468 bits per heavy atom. The lowest BCUT2D eigenvalue weighted by atomic mass is 9.98. The van der Waals surface area contributed by atoms with Crippen molar-refractivity contribution in [3.63, 3.8) is 0 Å². The maximum Gasteiger partial charge on any atom is 0.169 e. The van der Waals surface area contributed by atoms with Crippen LogP contribution in [-0.2, 0) is 9.47 Å². The third-order valence-corrected chi connectivity index (χ3v) is 10.4. The molecule has 0 aromatic rings. The topological polar surface area (TPSA) is 21.7 Å². The van der Waals surface area contributed by atoms with Gasteiger partial charge in [-0.15, -0.1) is 0 Å². The summed E-state index contributed by atoms with van der Waals surface area (Å²) in [5, 5.41) is 0. The highest BCUT2D eigenvalue weighted by Gasteiger charge is 2.51. The Kier molecular flexibility index (Phi) is 25.6. The van der Waals surface area contributed by atoms with E-state index in [9.17, 15) is 0 Å². The van der Waals surface area contributed by atoms with Crippen LogP contribution in [0.3, 0.4) is 0 Å². The molecule has 3 nitrogen and oxygen atoms in total. The summed E-state index contributed by atoms with van der Waals surface area (Å²) in [6.45, 7) is 4.54. The first-order valence-electron chi connectivity index (χ1n) is 20.7. The minimum absolute atomic E-state index is 0.302. The van der Waals surface area contributed by atoms with Crippen LogP contribution in [0.15, 0.2) is 48.6 Å². The lowest BCUT2D eigenvalue weighted by Gasteiger charge is -2.31. The average molecular weight is 654 g/mol. The molecule has 0 radical (unpaired) electrons. The highest BCUT2D eigenvalue weighted by Crippen LogP contribution is 2.44. The first-order chi connectivity index (χ1) is 23.1. The van der Waals surface area contributed by atoms with Gasteiger partial charge in [-0.3, -0.25) is 0 Å². The molecule has 0 spiro atoms. The first kappa shape index (κ1) is 42.0. The van der Waals surface area contributed by atoms with E-state index in [0.717, 1.165) is 38.5 Å². The zero-order valence-corrected chi connectivity index (χ0v) is 31.9. The number of ether oxygens (including phenoxy) is 2. The lowest BCUT2D eigenvalue weighted by molar-refractivity contribution is -0.193. The molecule has 3 heteroatoms. The Bertz CT molecular complexity index is 763. The lowest BCUT2D eigenvalue weighted by Crippen LogP contribution is -2.34. The van der Waals surface area contributed by atoms with Crippen molar-refractivity contribution in [2.24, 2.45) is 0 Å². The second-order valence-corrected chi connectivity index (χ2v) is 15.0. The van der Waals surface area contributed by atoms with Crippen molar-refractivity contribution in [3.8, 4) is 0 Å². The van der Waals surface area contributed by atoms with Crippen molar-refractivity contribution in [1.29, 1.82) is 0 Å². The van der Waals surface area contributed by atoms with Gasteiger partial charge in [0.25, 0.3) is 0 Å². The molecule has 2 aliphatic rings. The van der Waals surface area contributed by atoms with Crippen LogP contribution in [0.2, 0.25) is 0 Å². The third-order valence-electron chi connectivity index (χ3n) is 10.4. The Labute approximate surface area is 294 Å². The van der Waals surface area contributed by atoms with E-state index in [1.165, 1.54) is 141 Å². The number of nitrogens with zero attached hydrogens (tertiary/aromatic N) is 1. The van der Waals surface area contributed by atoms with Crippen LogP contribution < -0.4 is 0 Å². The molecule has 2 fully saturated rings. The summed E-state index contributed by atoms with van der Waals surface area (Å²) in [6.07, 6.45) is 55.0. The van der Waals surface area contributed by atoms with Gasteiger partial charge in [0.05, 0.1) is 12.2 Å². The molecule has 1 heterocycles. The molecule has 272 valence electrons. The molecule has 1 aliphatic carbocycles. The Morgan fingerprint density at radius 3 is 1.17 bits per heavy atom. The van der Waals surface area contributed by atoms with Gasteiger partial charge in [0.2, 0.25) is 0 Å². The maximum absolute atomic E-state index is 6.83. The third kappa shape index (κ3) is 20.8. The van der Waals surface area contributed by atoms with E-state index >= 15 is 0 Å². The number of fused-ring (bicyclic) bond motifs is 1. The number of unbranched alkanes of at least 4 members (excludes halogenated alkanes) is 18. The zero-order valence-electron chi connectivity index (χ0n) is 31.9. The van der Waals surface area contributed by atoms with Crippen LogP contribution in [0.25, 0.3) is 0 Å². The van der Waals surface area contributed by atoms with E-state index < -0.39 is 0 Å². The van der Waals surface area contributed by atoms with Gasteiger partial charge in [-0.1, -0.05) is 140 Å². The molecule has 1 saturated heterocycles. The summed E-state index contributed by atoms with van der Waals surface area (Å²) in [5.41, 5.74) is 0. The zero-order chi connectivity index (χ0) is 33.7. The monoisotopic (exact) mass is 654 g/mol. The maximum atomic E-state index is 6.83. The minimum atomic E-state index is -0.308. The molecule has 2 rings (SSSR count). The van der Waals surface area contributed by atoms with E-state index in [0.29, 0.717) is 18.2 Å². The second kappa shape index (κ2) is 28.7. The highest BCUT2D eigenvalue weighted by molar-refractivity contribution is 4.97. The van der Waals surface area contributed by atoms with Gasteiger partial charge in [0, 0.05) is 18.9 Å². The van der Waals surface area contributed by atoms with Gasteiger partial charge in [-0.05, 0) is 104 Å². The number of hydrogen-bond acceptors (Lipinski definition) is 3. The van der Waals surface area contributed by atoms with Crippen molar-refractivity contribution in [1.82, 2.24) is 4.90 Å². The number of allylic oxidation sites excluding steroid dienone is 8. The summed E-state index contributed by atoms with van der Waals surface area (Å²) in [6, 6.07) is 0.603. The summed E-state index contributed by atoms with van der Waals surface area (Å²) < 4.78 is 13.7. The van der Waals surface area contributed by atoms with Crippen LogP contribution in [0.1, 0.15) is 194 Å². The van der Waals surface area contributed by atoms with E-state index in [2.05, 4.69) is 81.5 Å². The molecule has 0 bridgehead atoms. The predicted octanol–water partition coefficient (Wildman–Crippen LogP) is 13.6. The van der Waals surface area contributed by atoms with Crippen molar-refractivity contribution in [2.45, 2.75) is 218 Å². The largest absolute Gasteiger partial charge is 0.344 e. The van der Waals surface area contributed by atoms with Gasteiger partial charge in [-0.2, -0.15) is 0 Å². The van der Waals surface area contributed by atoms with Gasteiger partial charge in [0.15, 0.2) is 5.79 Å². The van der Waals surface area contributed by atoms with Crippen LogP contribution in [0.5, 0.6) is 0 Å². The molecule has 3 atom stereocenters. The van der Waals surface area contributed by atoms with Crippen LogP contribution >= 0.6 is 0 Å². The fraction of sp³-hybridized carbons (Fsp3) is 0.818. The quantitative estimate of drug-likeness (QED) is 0.0549. The molecule has 0 aromatic heterocycles. The Morgan fingerprint density at radius 2 is 0.809 bits per heavy atom. The Balaban J connectivity index is 1.55. The van der Waals surface area contributed by atoms with E-state index in [-0.39, 0.29) is 5.79 Å². The molecule has 0 amide bonds. The standard InChI is InChI=1S/C44H79NO2/c1-5-7-9-11-13-15-17-19-21-23-25-27-29-31-33-35-37-44(46-42-39-41(45(3)4)40-43(42)47-44)38-36-34-32-30-28-26-24-22-20-18-16-14-12-10-8-6-2/h13-16,19-22,41-43H,5-12,17-18,23-40H2,1-4H3/b15-13-,16-14-,21-19-,22-20-/t41?,42-,43?/m1/s1. The second-order valence-electron chi connectivity index (χ2n) is 15.0. The molecular formula is C44H79NO2. The molecule has 0 aromatic carbocycles. The molecule has 1 saturated carbocycles. The molecule has 1 aliphatic heterocycles.